The van der Waals surface area contributed by atoms with Gasteiger partial charge in [-0.2, -0.15) is 0 Å². The van der Waals surface area contributed by atoms with Gasteiger partial charge in [-0.05, 0) is 24.6 Å². The molecule has 0 aliphatic carbocycles. The van der Waals surface area contributed by atoms with E-state index in [0.717, 1.165) is 5.56 Å². The largest absolute Gasteiger partial charge is 0.478 e. The Morgan fingerprint density at radius 1 is 1.53 bits per heavy atom. The van der Waals surface area contributed by atoms with Gasteiger partial charge in [-0.25, -0.2) is 9.36 Å². The summed E-state index contributed by atoms with van der Waals surface area (Å²) >= 11 is 0. The molecular weight excluding hydrogens is 190 g/mol. The van der Waals surface area contributed by atoms with Crippen LogP contribution in [0.15, 0.2) is 42.3 Å². The van der Waals surface area contributed by atoms with Crippen molar-refractivity contribution in [2.24, 2.45) is 7.05 Å². The Morgan fingerprint density at radius 2 is 2.27 bits per heavy atom. The molecule has 1 heterocycles. The van der Waals surface area contributed by atoms with Crippen LogP contribution >= 0.6 is 0 Å². The van der Waals surface area contributed by atoms with Gasteiger partial charge in [-0.15, -0.1) is 0 Å². The number of hydrogen-bond donors (Lipinski definition) is 1. The molecule has 0 atom stereocenters. The Labute approximate surface area is 89.0 Å². The molecule has 78 valence electrons. The predicted molar refractivity (Wildman–Crippen MR) is 58.0 cm³/mol. The molecule has 0 spiro atoms. The number of hydrogen-bond acceptors (Lipinski definition) is 1. The molecule has 0 amide bonds. The van der Waals surface area contributed by atoms with Gasteiger partial charge in [0.15, 0.2) is 12.4 Å². The lowest BCUT2D eigenvalue weighted by molar-refractivity contribution is -0.671. The van der Waals surface area contributed by atoms with Gasteiger partial charge in [-0.1, -0.05) is 6.08 Å². The van der Waals surface area contributed by atoms with Crippen LogP contribution in [0.2, 0.25) is 0 Å². The van der Waals surface area contributed by atoms with Crippen LogP contribution in [0.25, 0.3) is 6.08 Å². The highest BCUT2D eigenvalue weighted by Gasteiger charge is 1.94. The number of aryl methyl sites for hydroxylation is 1. The zero-order valence-electron chi connectivity index (χ0n) is 8.84. The van der Waals surface area contributed by atoms with Crippen LogP contribution in [0.1, 0.15) is 12.5 Å². The first kappa shape index (κ1) is 11.2. The number of allylic oxidation sites excluding steroid dienone is 2. The van der Waals surface area contributed by atoms with Crippen LogP contribution in [-0.4, -0.2) is 11.1 Å². The molecule has 1 aromatic rings. The number of aromatic nitrogens is 1. The maximum atomic E-state index is 10.4. The first-order valence-corrected chi connectivity index (χ1v) is 4.62. The van der Waals surface area contributed by atoms with Crippen molar-refractivity contribution in [3.8, 4) is 0 Å². The average Bonchev–Trinajstić information content (AvgIpc) is 2.14. The summed E-state index contributed by atoms with van der Waals surface area (Å²) in [5, 5.41) is 8.51. The zero-order chi connectivity index (χ0) is 11.3. The molecule has 1 aromatic heterocycles. The highest BCUT2D eigenvalue weighted by molar-refractivity contribution is 5.81. The maximum absolute atomic E-state index is 10.4. The van der Waals surface area contributed by atoms with E-state index in [4.69, 9.17) is 5.11 Å². The SMILES string of the molecule is CC(/C=C\c1ccc[n+](C)c1)=C/C(=O)O. The smallest absolute Gasteiger partial charge is 0.328 e. The molecule has 15 heavy (non-hydrogen) atoms. The molecule has 0 radical (unpaired) electrons. The van der Waals surface area contributed by atoms with Crippen molar-refractivity contribution in [3.05, 3.63) is 47.8 Å². The summed E-state index contributed by atoms with van der Waals surface area (Å²) in [5.41, 5.74) is 1.76. The van der Waals surface area contributed by atoms with Crippen LogP contribution in [0.5, 0.6) is 0 Å². The van der Waals surface area contributed by atoms with Crippen LogP contribution in [-0.2, 0) is 11.8 Å². The van der Waals surface area contributed by atoms with E-state index in [2.05, 4.69) is 0 Å². The predicted octanol–water partition coefficient (Wildman–Crippen LogP) is 1.56. The zero-order valence-corrected chi connectivity index (χ0v) is 8.84. The summed E-state index contributed by atoms with van der Waals surface area (Å²) in [6.07, 6.45) is 8.75. The first-order chi connectivity index (χ1) is 7.08. The fourth-order valence-corrected chi connectivity index (χ4v) is 1.18. The van der Waals surface area contributed by atoms with E-state index < -0.39 is 5.97 Å². The van der Waals surface area contributed by atoms with Gasteiger partial charge >= 0.3 is 5.97 Å². The molecule has 0 saturated carbocycles. The third kappa shape index (κ3) is 4.22. The summed E-state index contributed by atoms with van der Waals surface area (Å²) in [6.45, 7) is 1.76. The molecule has 0 unspecified atom stereocenters. The Bertz CT molecular complexity index is 419. The second-order valence-electron chi connectivity index (χ2n) is 3.36. The molecule has 0 saturated heterocycles. The van der Waals surface area contributed by atoms with Crippen LogP contribution in [0.4, 0.5) is 0 Å². The highest BCUT2D eigenvalue weighted by atomic mass is 16.4. The van der Waals surface area contributed by atoms with Gasteiger partial charge in [0.1, 0.15) is 7.05 Å². The van der Waals surface area contributed by atoms with E-state index in [-0.39, 0.29) is 0 Å². The second kappa shape index (κ2) is 5.10. The third-order valence-electron chi connectivity index (χ3n) is 1.85. The number of carbonyl (C=O) groups is 1. The Hall–Kier alpha value is -1.90. The van der Waals surface area contributed by atoms with E-state index >= 15 is 0 Å². The van der Waals surface area contributed by atoms with Crippen molar-refractivity contribution in [1.82, 2.24) is 0 Å². The van der Waals surface area contributed by atoms with Crippen LogP contribution in [0.3, 0.4) is 0 Å². The van der Waals surface area contributed by atoms with Gasteiger partial charge < -0.3 is 5.11 Å². The second-order valence-corrected chi connectivity index (χ2v) is 3.36. The van der Waals surface area contributed by atoms with Crippen molar-refractivity contribution < 1.29 is 14.5 Å². The summed E-state index contributed by atoms with van der Waals surface area (Å²) in [4.78, 5) is 10.4. The van der Waals surface area contributed by atoms with Crippen molar-refractivity contribution in [2.45, 2.75) is 6.92 Å². The summed E-state index contributed by atoms with van der Waals surface area (Å²) in [7, 11) is 1.94. The molecule has 3 nitrogen and oxygen atoms in total. The molecule has 0 fully saturated rings. The van der Waals surface area contributed by atoms with E-state index in [1.165, 1.54) is 6.08 Å². The van der Waals surface area contributed by atoms with Gasteiger partial charge in [0.2, 0.25) is 0 Å². The monoisotopic (exact) mass is 204 g/mol. The third-order valence-corrected chi connectivity index (χ3v) is 1.85. The summed E-state index contributed by atoms with van der Waals surface area (Å²) in [5.74, 6) is -0.921. The molecule has 1 rings (SSSR count). The number of carboxylic acid groups (broad SMARTS) is 1. The van der Waals surface area contributed by atoms with Crippen molar-refractivity contribution in [2.75, 3.05) is 0 Å². The van der Waals surface area contributed by atoms with Crippen molar-refractivity contribution in [3.63, 3.8) is 0 Å². The Balaban J connectivity index is 2.78. The van der Waals surface area contributed by atoms with Crippen LogP contribution in [0, 0.1) is 0 Å². The van der Waals surface area contributed by atoms with Gasteiger partial charge in [0, 0.05) is 17.7 Å². The minimum absolute atomic E-state index is 0.717. The lowest BCUT2D eigenvalue weighted by atomic mass is 10.2. The van der Waals surface area contributed by atoms with E-state index in [1.807, 2.05) is 42.2 Å². The fraction of sp³-hybridized carbons (Fsp3) is 0.167. The highest BCUT2D eigenvalue weighted by Crippen LogP contribution is 2.02. The normalized spacial score (nSPS) is 12.0. The fourth-order valence-electron chi connectivity index (χ4n) is 1.18. The Morgan fingerprint density at radius 3 is 2.87 bits per heavy atom. The lowest BCUT2D eigenvalue weighted by Gasteiger charge is -1.91. The molecule has 0 bridgehead atoms. The molecular formula is C12H14NO2+. The number of rotatable bonds is 3. The average molecular weight is 204 g/mol. The minimum Gasteiger partial charge on any atom is -0.478 e. The molecule has 0 aromatic carbocycles. The standard InChI is InChI=1S/C12H13NO2/c1-10(8-12(14)15)5-6-11-4-3-7-13(2)9-11/h3-9H,1-2H3/p+1/b6-5-,10-8-. The summed E-state index contributed by atoms with van der Waals surface area (Å²) < 4.78 is 1.94. The molecule has 1 N–H and O–H groups in total. The topological polar surface area (TPSA) is 41.2 Å². The molecule has 0 aliphatic rings. The quantitative estimate of drug-likeness (QED) is 0.461. The van der Waals surface area contributed by atoms with Gasteiger partial charge in [0.25, 0.3) is 0 Å². The maximum Gasteiger partial charge on any atom is 0.328 e. The molecule has 3 heteroatoms. The number of pyridine rings is 1. The van der Waals surface area contributed by atoms with Crippen LogP contribution < -0.4 is 4.57 Å². The van der Waals surface area contributed by atoms with Crippen molar-refractivity contribution >= 4 is 12.0 Å². The van der Waals surface area contributed by atoms with E-state index in [0.29, 0.717) is 5.57 Å². The van der Waals surface area contributed by atoms with E-state index in [1.54, 1.807) is 13.0 Å². The van der Waals surface area contributed by atoms with Gasteiger partial charge in [0.05, 0.1) is 0 Å². The van der Waals surface area contributed by atoms with Gasteiger partial charge in [-0.3, -0.25) is 0 Å². The number of aliphatic carboxylic acids is 1. The molecule has 0 aliphatic heterocycles. The minimum atomic E-state index is -0.921. The summed E-state index contributed by atoms with van der Waals surface area (Å²) in [6, 6.07) is 3.90. The first-order valence-electron chi connectivity index (χ1n) is 4.62. The van der Waals surface area contributed by atoms with E-state index in [9.17, 15) is 4.79 Å². The number of nitrogens with zero attached hydrogens (tertiary/aromatic N) is 1. The lowest BCUT2D eigenvalue weighted by Crippen LogP contribution is -2.26. The number of carboxylic acids is 1. The Kier molecular flexibility index (Phi) is 3.80. The van der Waals surface area contributed by atoms with Crippen molar-refractivity contribution in [1.29, 1.82) is 0 Å².